The lowest BCUT2D eigenvalue weighted by Crippen LogP contribution is -2.45. The van der Waals surface area contributed by atoms with E-state index in [1.165, 1.54) is 11.3 Å². The van der Waals surface area contributed by atoms with E-state index in [-0.39, 0.29) is 0 Å². The molecule has 2 unspecified atom stereocenters. The van der Waals surface area contributed by atoms with Crippen molar-refractivity contribution < 1.29 is 4.74 Å². The maximum absolute atomic E-state index is 5.62. The largest absolute Gasteiger partial charge is 0.381 e. The normalized spacial score (nSPS) is 23.9. The summed E-state index contributed by atoms with van der Waals surface area (Å²) < 4.78 is 5.49. The summed E-state index contributed by atoms with van der Waals surface area (Å²) in [6.07, 6.45) is 3.40. The van der Waals surface area contributed by atoms with Crippen LogP contribution in [-0.4, -0.2) is 19.3 Å². The average Bonchev–Trinajstić information content (AvgIpc) is 2.80. The zero-order chi connectivity index (χ0) is 10.5. The van der Waals surface area contributed by atoms with E-state index in [1.54, 1.807) is 11.3 Å². The Morgan fingerprint density at radius 2 is 2.60 bits per heavy atom. The highest BCUT2D eigenvalue weighted by Gasteiger charge is 2.23. The number of hydrogen-bond acceptors (Lipinski definition) is 4. The second kappa shape index (κ2) is 5.61. The summed E-state index contributed by atoms with van der Waals surface area (Å²) in [5, 5.41) is 2.11. The summed E-state index contributed by atoms with van der Waals surface area (Å²) in [5.74, 6) is 6.18. The number of hydrogen-bond donors (Lipinski definition) is 2. The van der Waals surface area contributed by atoms with Gasteiger partial charge in [-0.25, -0.2) is 0 Å². The van der Waals surface area contributed by atoms with Crippen LogP contribution in [0.2, 0.25) is 0 Å². The van der Waals surface area contributed by atoms with Gasteiger partial charge < -0.3 is 4.74 Å². The molecular formula is C11H18N2OS. The van der Waals surface area contributed by atoms with Crippen molar-refractivity contribution in [1.29, 1.82) is 0 Å². The van der Waals surface area contributed by atoms with Gasteiger partial charge in [0.25, 0.3) is 0 Å². The van der Waals surface area contributed by atoms with Gasteiger partial charge in [-0.15, -0.1) is 11.3 Å². The fourth-order valence-electron chi connectivity index (χ4n) is 2.09. The molecule has 1 aromatic rings. The predicted octanol–water partition coefficient (Wildman–Crippen LogP) is 1.55. The first-order valence-electron chi connectivity index (χ1n) is 5.46. The van der Waals surface area contributed by atoms with E-state index < -0.39 is 0 Å². The zero-order valence-electron chi connectivity index (χ0n) is 8.82. The molecule has 0 aromatic carbocycles. The van der Waals surface area contributed by atoms with E-state index in [0.717, 1.165) is 26.1 Å². The van der Waals surface area contributed by atoms with Crippen LogP contribution in [0.15, 0.2) is 17.5 Å². The van der Waals surface area contributed by atoms with Gasteiger partial charge in [0.05, 0.1) is 6.61 Å². The highest BCUT2D eigenvalue weighted by atomic mass is 32.1. The first-order chi connectivity index (χ1) is 7.40. The number of rotatable bonds is 4. The van der Waals surface area contributed by atoms with Gasteiger partial charge in [0.2, 0.25) is 0 Å². The molecule has 1 aromatic heterocycles. The van der Waals surface area contributed by atoms with E-state index in [9.17, 15) is 0 Å². The van der Waals surface area contributed by atoms with Gasteiger partial charge in [-0.3, -0.25) is 11.3 Å². The summed E-state index contributed by atoms with van der Waals surface area (Å²) in [4.78, 5) is 1.39. The molecule has 0 bridgehead atoms. The molecule has 84 valence electrons. The topological polar surface area (TPSA) is 47.3 Å². The number of hydrazine groups is 1. The number of nitrogens with two attached hydrogens (primary N) is 1. The minimum atomic E-state index is 0.351. The molecule has 1 aliphatic rings. The molecule has 4 heteroatoms. The second-order valence-corrected chi connectivity index (χ2v) is 5.07. The minimum absolute atomic E-state index is 0.351. The quantitative estimate of drug-likeness (QED) is 0.605. The standard InChI is InChI=1S/C11H18N2OS/c12-13-11(7-10-4-2-6-15-10)9-3-1-5-14-8-9/h2,4,6,9,11,13H,1,3,5,7-8,12H2. The Hall–Kier alpha value is -0.420. The lowest BCUT2D eigenvalue weighted by molar-refractivity contribution is 0.0394. The first-order valence-corrected chi connectivity index (χ1v) is 6.34. The molecule has 1 saturated heterocycles. The van der Waals surface area contributed by atoms with Crippen LogP contribution in [-0.2, 0) is 11.2 Å². The molecule has 0 saturated carbocycles. The number of thiophene rings is 1. The van der Waals surface area contributed by atoms with Crippen molar-refractivity contribution in [2.75, 3.05) is 13.2 Å². The smallest absolute Gasteiger partial charge is 0.0509 e. The van der Waals surface area contributed by atoms with Gasteiger partial charge in [0.15, 0.2) is 0 Å². The molecule has 2 heterocycles. The van der Waals surface area contributed by atoms with Gasteiger partial charge >= 0.3 is 0 Å². The van der Waals surface area contributed by atoms with Crippen molar-refractivity contribution >= 4 is 11.3 Å². The zero-order valence-corrected chi connectivity index (χ0v) is 9.63. The van der Waals surface area contributed by atoms with Crippen LogP contribution in [0.5, 0.6) is 0 Å². The highest BCUT2D eigenvalue weighted by Crippen LogP contribution is 2.21. The van der Waals surface area contributed by atoms with Crippen LogP contribution in [0.25, 0.3) is 0 Å². The van der Waals surface area contributed by atoms with Gasteiger partial charge in [0, 0.05) is 17.5 Å². The van der Waals surface area contributed by atoms with E-state index in [4.69, 9.17) is 10.6 Å². The van der Waals surface area contributed by atoms with Crippen LogP contribution in [0.4, 0.5) is 0 Å². The van der Waals surface area contributed by atoms with Crippen molar-refractivity contribution in [1.82, 2.24) is 5.43 Å². The number of ether oxygens (including phenoxy) is 1. The number of nitrogens with one attached hydrogen (secondary N) is 1. The second-order valence-electron chi connectivity index (χ2n) is 4.03. The van der Waals surface area contributed by atoms with Crippen LogP contribution < -0.4 is 11.3 Å². The summed E-state index contributed by atoms with van der Waals surface area (Å²) in [6, 6.07) is 4.60. The Balaban J connectivity index is 1.91. The highest BCUT2D eigenvalue weighted by molar-refractivity contribution is 7.09. The maximum atomic E-state index is 5.62. The van der Waals surface area contributed by atoms with Gasteiger partial charge in [-0.05, 0) is 36.6 Å². The maximum Gasteiger partial charge on any atom is 0.0509 e. The molecule has 2 atom stereocenters. The Morgan fingerprint density at radius 3 is 3.20 bits per heavy atom. The van der Waals surface area contributed by atoms with Crippen molar-refractivity contribution in [3.8, 4) is 0 Å². The summed E-state index contributed by atoms with van der Waals surface area (Å²) in [6.45, 7) is 1.76. The van der Waals surface area contributed by atoms with E-state index >= 15 is 0 Å². The average molecular weight is 226 g/mol. The Kier molecular flexibility index (Phi) is 4.14. The molecule has 2 rings (SSSR count). The van der Waals surface area contributed by atoms with Gasteiger partial charge in [-0.2, -0.15) is 0 Å². The lowest BCUT2D eigenvalue weighted by Gasteiger charge is -2.29. The van der Waals surface area contributed by atoms with Crippen molar-refractivity contribution in [2.45, 2.75) is 25.3 Å². The third kappa shape index (κ3) is 3.01. The molecule has 3 nitrogen and oxygen atoms in total. The summed E-state index contributed by atoms with van der Waals surface area (Å²) in [5.41, 5.74) is 2.94. The van der Waals surface area contributed by atoms with E-state index in [0.29, 0.717) is 12.0 Å². The van der Waals surface area contributed by atoms with Crippen LogP contribution >= 0.6 is 11.3 Å². The molecule has 0 spiro atoms. The van der Waals surface area contributed by atoms with E-state index in [1.807, 2.05) is 0 Å². The van der Waals surface area contributed by atoms with Crippen LogP contribution in [0.3, 0.4) is 0 Å². The van der Waals surface area contributed by atoms with Gasteiger partial charge in [0.1, 0.15) is 0 Å². The molecular weight excluding hydrogens is 208 g/mol. The Bertz CT molecular complexity index is 270. The molecule has 1 aliphatic heterocycles. The molecule has 1 fully saturated rings. The molecule has 0 amide bonds. The predicted molar refractivity (Wildman–Crippen MR) is 62.7 cm³/mol. The van der Waals surface area contributed by atoms with Crippen molar-refractivity contribution in [3.63, 3.8) is 0 Å². The summed E-state index contributed by atoms with van der Waals surface area (Å²) >= 11 is 1.79. The fraction of sp³-hybridized carbons (Fsp3) is 0.636. The SMILES string of the molecule is NNC(Cc1cccs1)C1CCCOC1. The lowest BCUT2D eigenvalue weighted by atomic mass is 9.91. The molecule has 0 aliphatic carbocycles. The van der Waals surface area contributed by atoms with E-state index in [2.05, 4.69) is 22.9 Å². The van der Waals surface area contributed by atoms with Crippen LogP contribution in [0.1, 0.15) is 17.7 Å². The fourth-order valence-corrected chi connectivity index (χ4v) is 2.85. The molecule has 15 heavy (non-hydrogen) atoms. The third-order valence-electron chi connectivity index (χ3n) is 2.98. The Morgan fingerprint density at radius 1 is 1.67 bits per heavy atom. The molecule has 0 radical (unpaired) electrons. The van der Waals surface area contributed by atoms with Crippen molar-refractivity contribution in [2.24, 2.45) is 11.8 Å². The van der Waals surface area contributed by atoms with Gasteiger partial charge in [-0.1, -0.05) is 6.07 Å². The monoisotopic (exact) mass is 226 g/mol. The summed E-state index contributed by atoms with van der Waals surface area (Å²) in [7, 11) is 0. The molecule has 3 N–H and O–H groups in total. The third-order valence-corrected chi connectivity index (χ3v) is 3.88. The first kappa shape index (κ1) is 11.1. The Labute approximate surface area is 94.6 Å². The van der Waals surface area contributed by atoms with Crippen LogP contribution in [0, 0.1) is 5.92 Å². The van der Waals surface area contributed by atoms with Crippen molar-refractivity contribution in [3.05, 3.63) is 22.4 Å². The minimum Gasteiger partial charge on any atom is -0.381 e.